The second-order valence-corrected chi connectivity index (χ2v) is 8.19. The van der Waals surface area contributed by atoms with Crippen molar-refractivity contribution in [3.8, 4) is 0 Å². The van der Waals surface area contributed by atoms with Crippen molar-refractivity contribution in [3.63, 3.8) is 0 Å². The first kappa shape index (κ1) is 22.3. The Balaban J connectivity index is 1.53. The molecule has 6 heteroatoms. The Hall–Kier alpha value is -3.93. The van der Waals surface area contributed by atoms with E-state index in [2.05, 4.69) is 16.7 Å². The first-order valence-corrected chi connectivity index (χ1v) is 11.1. The second kappa shape index (κ2) is 10.1. The van der Waals surface area contributed by atoms with E-state index in [1.165, 1.54) is 6.92 Å². The molecule has 1 aliphatic rings. The lowest BCUT2D eigenvalue weighted by atomic mass is 9.99. The highest BCUT2D eigenvalue weighted by molar-refractivity contribution is 6.00. The zero-order valence-corrected chi connectivity index (χ0v) is 18.6. The molecular weight excluding hydrogens is 414 g/mol. The van der Waals surface area contributed by atoms with Crippen LogP contribution < -0.4 is 15.5 Å². The molecule has 1 atom stereocenters. The molecule has 0 spiro atoms. The summed E-state index contributed by atoms with van der Waals surface area (Å²) >= 11 is 0. The summed E-state index contributed by atoms with van der Waals surface area (Å²) in [6.07, 6.45) is 1.96. The lowest BCUT2D eigenvalue weighted by Crippen LogP contribution is -2.45. The second-order valence-electron chi connectivity index (χ2n) is 8.19. The highest BCUT2D eigenvalue weighted by Crippen LogP contribution is 2.29. The van der Waals surface area contributed by atoms with Crippen molar-refractivity contribution in [1.29, 1.82) is 0 Å². The number of carbonyl (C=O) groups is 3. The number of nitrogens with one attached hydrogen (secondary N) is 2. The maximum Gasteiger partial charge on any atom is 0.254 e. The van der Waals surface area contributed by atoms with Crippen LogP contribution in [-0.4, -0.2) is 24.3 Å². The van der Waals surface area contributed by atoms with Gasteiger partial charge in [-0.15, -0.1) is 0 Å². The van der Waals surface area contributed by atoms with Crippen molar-refractivity contribution in [2.75, 3.05) is 16.8 Å². The Morgan fingerprint density at radius 1 is 0.909 bits per heavy atom. The molecule has 6 nitrogen and oxygen atoms in total. The van der Waals surface area contributed by atoms with Crippen LogP contribution in [0.4, 0.5) is 11.4 Å². The summed E-state index contributed by atoms with van der Waals surface area (Å²) in [5.41, 5.74) is 4.28. The van der Waals surface area contributed by atoms with Crippen LogP contribution in [0, 0.1) is 0 Å². The predicted octanol–water partition coefficient (Wildman–Crippen LogP) is 4.02. The topological polar surface area (TPSA) is 78.5 Å². The summed E-state index contributed by atoms with van der Waals surface area (Å²) in [5, 5.41) is 5.67. The van der Waals surface area contributed by atoms with Crippen LogP contribution in [0.15, 0.2) is 78.9 Å². The van der Waals surface area contributed by atoms with Crippen molar-refractivity contribution in [3.05, 3.63) is 95.6 Å². The number of hydrogen-bond donors (Lipinski definition) is 2. The van der Waals surface area contributed by atoms with Crippen molar-refractivity contribution in [2.24, 2.45) is 0 Å². The first-order valence-electron chi connectivity index (χ1n) is 11.1. The van der Waals surface area contributed by atoms with Gasteiger partial charge in [0.25, 0.3) is 5.91 Å². The van der Waals surface area contributed by atoms with Crippen molar-refractivity contribution in [1.82, 2.24) is 5.32 Å². The molecule has 3 aromatic carbocycles. The average Bonchev–Trinajstić information content (AvgIpc) is 2.83. The molecular formula is C27H27N3O3. The number of amides is 3. The van der Waals surface area contributed by atoms with E-state index in [1.807, 2.05) is 48.5 Å². The van der Waals surface area contributed by atoms with Gasteiger partial charge in [0, 0.05) is 24.8 Å². The van der Waals surface area contributed by atoms with E-state index in [4.69, 9.17) is 0 Å². The highest BCUT2D eigenvalue weighted by Gasteiger charge is 2.30. The average molecular weight is 442 g/mol. The number of para-hydroxylation sites is 1. The Bertz CT molecular complexity index is 1140. The standard InChI is InChI=1S/C27H27N3O3/c1-19(31)28-23-15-13-20(14-16-23)18-25(32)29-26(22-9-3-2-4-10-22)27(33)30-17-7-11-21-8-5-6-12-24(21)30/h2-6,8-10,12-16,26H,7,11,17-18H2,1H3,(H,28,31)(H,29,32)/t26-/m0/s1. The highest BCUT2D eigenvalue weighted by atomic mass is 16.2. The Morgan fingerprint density at radius 3 is 2.33 bits per heavy atom. The lowest BCUT2D eigenvalue weighted by molar-refractivity contribution is -0.127. The SMILES string of the molecule is CC(=O)Nc1ccc(CC(=O)N[C@H](C(=O)N2CCCc3ccccc32)c2ccccc2)cc1. The minimum atomic E-state index is -0.775. The fourth-order valence-corrected chi connectivity index (χ4v) is 4.16. The molecule has 0 fully saturated rings. The summed E-state index contributed by atoms with van der Waals surface area (Å²) in [7, 11) is 0. The maximum absolute atomic E-state index is 13.7. The molecule has 0 radical (unpaired) electrons. The molecule has 0 saturated carbocycles. The van der Waals surface area contributed by atoms with E-state index in [0.29, 0.717) is 12.2 Å². The smallest absolute Gasteiger partial charge is 0.254 e. The van der Waals surface area contributed by atoms with Crippen molar-refractivity contribution < 1.29 is 14.4 Å². The predicted molar refractivity (Wildman–Crippen MR) is 129 cm³/mol. The molecule has 4 rings (SSSR count). The zero-order valence-electron chi connectivity index (χ0n) is 18.6. The molecule has 33 heavy (non-hydrogen) atoms. The number of hydrogen-bond acceptors (Lipinski definition) is 3. The third-order valence-corrected chi connectivity index (χ3v) is 5.70. The Kier molecular flexibility index (Phi) is 6.83. The van der Waals surface area contributed by atoms with E-state index < -0.39 is 6.04 Å². The van der Waals surface area contributed by atoms with E-state index >= 15 is 0 Å². The van der Waals surface area contributed by atoms with Gasteiger partial charge in [-0.25, -0.2) is 0 Å². The molecule has 0 unspecified atom stereocenters. The maximum atomic E-state index is 13.7. The molecule has 2 N–H and O–H groups in total. The Morgan fingerprint density at radius 2 is 1.61 bits per heavy atom. The lowest BCUT2D eigenvalue weighted by Gasteiger charge is -2.32. The summed E-state index contributed by atoms with van der Waals surface area (Å²) in [6.45, 7) is 2.07. The molecule has 1 aliphatic heterocycles. The van der Waals surface area contributed by atoms with Gasteiger partial charge in [-0.05, 0) is 47.7 Å². The van der Waals surface area contributed by atoms with Crippen LogP contribution in [0.2, 0.25) is 0 Å². The summed E-state index contributed by atoms with van der Waals surface area (Å²) in [4.78, 5) is 39.6. The quantitative estimate of drug-likeness (QED) is 0.606. The van der Waals surface area contributed by atoms with Gasteiger partial charge in [-0.3, -0.25) is 14.4 Å². The largest absolute Gasteiger partial charge is 0.340 e. The van der Waals surface area contributed by atoms with Crippen molar-refractivity contribution in [2.45, 2.75) is 32.2 Å². The van der Waals surface area contributed by atoms with Gasteiger partial charge in [-0.2, -0.15) is 0 Å². The van der Waals surface area contributed by atoms with Gasteiger partial charge in [0.15, 0.2) is 0 Å². The summed E-state index contributed by atoms with van der Waals surface area (Å²) in [5.74, 6) is -0.526. The molecule has 0 aromatic heterocycles. The van der Waals surface area contributed by atoms with Crippen LogP contribution in [0.25, 0.3) is 0 Å². The third kappa shape index (κ3) is 5.47. The number of anilines is 2. The summed E-state index contributed by atoms with van der Waals surface area (Å²) < 4.78 is 0. The normalized spacial score (nSPS) is 13.5. The monoisotopic (exact) mass is 441 g/mol. The van der Waals surface area contributed by atoms with Gasteiger partial charge in [-0.1, -0.05) is 60.7 Å². The van der Waals surface area contributed by atoms with Crippen LogP contribution in [0.3, 0.4) is 0 Å². The van der Waals surface area contributed by atoms with Crippen LogP contribution >= 0.6 is 0 Å². The number of rotatable bonds is 6. The van der Waals surface area contributed by atoms with Gasteiger partial charge in [0.2, 0.25) is 11.8 Å². The van der Waals surface area contributed by atoms with Crippen LogP contribution in [-0.2, 0) is 27.2 Å². The molecule has 0 bridgehead atoms. The number of aryl methyl sites for hydroxylation is 1. The van der Waals surface area contributed by atoms with Crippen LogP contribution in [0.5, 0.6) is 0 Å². The van der Waals surface area contributed by atoms with E-state index in [-0.39, 0.29) is 24.1 Å². The molecule has 3 amide bonds. The first-order chi connectivity index (χ1) is 16.0. The van der Waals surface area contributed by atoms with Crippen LogP contribution in [0.1, 0.15) is 36.1 Å². The van der Waals surface area contributed by atoms with Gasteiger partial charge in [0.05, 0.1) is 6.42 Å². The van der Waals surface area contributed by atoms with E-state index in [9.17, 15) is 14.4 Å². The van der Waals surface area contributed by atoms with E-state index in [0.717, 1.165) is 35.2 Å². The van der Waals surface area contributed by atoms with Gasteiger partial charge in [0.1, 0.15) is 6.04 Å². The number of fused-ring (bicyclic) bond motifs is 1. The number of benzene rings is 3. The molecule has 168 valence electrons. The Labute approximate surface area is 193 Å². The minimum absolute atomic E-state index is 0.132. The molecule has 0 aliphatic carbocycles. The molecule has 1 heterocycles. The zero-order chi connectivity index (χ0) is 23.2. The van der Waals surface area contributed by atoms with Gasteiger partial charge >= 0.3 is 0 Å². The summed E-state index contributed by atoms with van der Waals surface area (Å²) in [6, 6.07) is 23.6. The molecule has 0 saturated heterocycles. The minimum Gasteiger partial charge on any atom is -0.340 e. The molecule has 3 aromatic rings. The fraction of sp³-hybridized carbons (Fsp3) is 0.222. The van der Waals surface area contributed by atoms with E-state index in [1.54, 1.807) is 29.2 Å². The number of nitrogens with zero attached hydrogens (tertiary/aromatic N) is 1. The number of carbonyl (C=O) groups excluding carboxylic acids is 3. The van der Waals surface area contributed by atoms with Gasteiger partial charge < -0.3 is 15.5 Å². The third-order valence-electron chi connectivity index (χ3n) is 5.70. The fourth-order valence-electron chi connectivity index (χ4n) is 4.16. The van der Waals surface area contributed by atoms with Crippen molar-refractivity contribution >= 4 is 29.1 Å².